The maximum Gasteiger partial charge on any atom is 0.416 e. The summed E-state index contributed by atoms with van der Waals surface area (Å²) in [7, 11) is 0. The van der Waals surface area contributed by atoms with Crippen molar-refractivity contribution in [2.24, 2.45) is 0 Å². The molecule has 0 fully saturated rings. The summed E-state index contributed by atoms with van der Waals surface area (Å²) >= 11 is 0. The third-order valence-electron chi connectivity index (χ3n) is 3.94. The lowest BCUT2D eigenvalue weighted by Crippen LogP contribution is -2.32. The third kappa shape index (κ3) is 6.19. The Hall–Kier alpha value is -3.63. The first-order valence-corrected chi connectivity index (χ1v) is 8.64. The lowest BCUT2D eigenvalue weighted by atomic mass is 10.1. The first-order valence-electron chi connectivity index (χ1n) is 8.64. The van der Waals surface area contributed by atoms with Crippen LogP contribution in [0.4, 0.5) is 30.2 Å². The summed E-state index contributed by atoms with van der Waals surface area (Å²) in [5.74, 6) is -1.51. The Balaban J connectivity index is 1.95. The first-order chi connectivity index (χ1) is 14.0. The number of nitro benzene ring substituents is 1. The number of esters is 1. The van der Waals surface area contributed by atoms with Crippen molar-refractivity contribution in [3.8, 4) is 0 Å². The number of benzene rings is 2. The van der Waals surface area contributed by atoms with Crippen molar-refractivity contribution in [1.82, 2.24) is 0 Å². The van der Waals surface area contributed by atoms with E-state index in [1.54, 1.807) is 24.3 Å². The van der Waals surface area contributed by atoms with Crippen LogP contribution in [0.3, 0.4) is 0 Å². The normalized spacial score (nSPS) is 12.0. The molecule has 0 saturated carbocycles. The number of carbonyl (C=O) groups is 2. The Bertz CT molecular complexity index is 945. The van der Waals surface area contributed by atoms with Crippen LogP contribution in [0.1, 0.15) is 18.1 Å². The molecular formula is C19H18F3N3O5. The molecule has 0 spiro atoms. The molecule has 0 aliphatic rings. The molecule has 11 heteroatoms. The van der Waals surface area contributed by atoms with E-state index < -0.39 is 46.9 Å². The average Bonchev–Trinajstić information content (AvgIpc) is 2.67. The number of hydrogen-bond acceptors (Lipinski definition) is 6. The maximum absolute atomic E-state index is 12.7. The minimum absolute atomic E-state index is 0.290. The SMILES string of the molecule is Cc1ccc(NC(=O)[C@@H](C)OC(=O)CNc2ccc(C(F)(F)F)cc2[N+](=O)[O-])cc1. The van der Waals surface area contributed by atoms with Gasteiger partial charge in [-0.3, -0.25) is 19.7 Å². The highest BCUT2D eigenvalue weighted by Crippen LogP contribution is 2.34. The fourth-order valence-electron chi connectivity index (χ4n) is 2.35. The summed E-state index contributed by atoms with van der Waals surface area (Å²) in [6, 6.07) is 8.78. The molecule has 0 aliphatic heterocycles. The second-order valence-corrected chi connectivity index (χ2v) is 6.33. The summed E-state index contributed by atoms with van der Waals surface area (Å²) in [4.78, 5) is 34.0. The van der Waals surface area contributed by atoms with E-state index >= 15 is 0 Å². The predicted molar refractivity (Wildman–Crippen MR) is 102 cm³/mol. The summed E-state index contributed by atoms with van der Waals surface area (Å²) in [5.41, 5.74) is -0.823. The number of halogens is 3. The largest absolute Gasteiger partial charge is 0.451 e. The van der Waals surface area contributed by atoms with Gasteiger partial charge in [0.2, 0.25) is 0 Å². The number of aryl methyl sites for hydroxylation is 1. The number of hydrogen-bond donors (Lipinski definition) is 2. The van der Waals surface area contributed by atoms with Crippen molar-refractivity contribution in [2.45, 2.75) is 26.1 Å². The van der Waals surface area contributed by atoms with E-state index in [1.165, 1.54) is 6.92 Å². The zero-order chi connectivity index (χ0) is 22.5. The highest BCUT2D eigenvalue weighted by molar-refractivity contribution is 5.95. The molecule has 0 bridgehead atoms. The number of anilines is 2. The molecule has 0 aromatic heterocycles. The zero-order valence-corrected chi connectivity index (χ0v) is 15.9. The van der Waals surface area contributed by atoms with E-state index in [4.69, 9.17) is 4.74 Å². The molecule has 0 saturated heterocycles. The molecule has 160 valence electrons. The molecule has 0 aliphatic carbocycles. The number of rotatable bonds is 7. The van der Waals surface area contributed by atoms with Crippen molar-refractivity contribution in [2.75, 3.05) is 17.2 Å². The molecule has 2 N–H and O–H groups in total. The van der Waals surface area contributed by atoms with E-state index in [9.17, 15) is 32.9 Å². The number of carbonyl (C=O) groups excluding carboxylic acids is 2. The molecule has 30 heavy (non-hydrogen) atoms. The average molecular weight is 425 g/mol. The van der Waals surface area contributed by atoms with Crippen molar-refractivity contribution in [3.05, 3.63) is 63.7 Å². The Morgan fingerprint density at radius 3 is 2.37 bits per heavy atom. The van der Waals surface area contributed by atoms with Crippen LogP contribution >= 0.6 is 0 Å². The lowest BCUT2D eigenvalue weighted by molar-refractivity contribution is -0.384. The van der Waals surface area contributed by atoms with Crippen LogP contribution in [-0.4, -0.2) is 29.4 Å². The Labute approximate surface area is 169 Å². The minimum Gasteiger partial charge on any atom is -0.451 e. The molecule has 1 amide bonds. The van der Waals surface area contributed by atoms with Crippen LogP contribution < -0.4 is 10.6 Å². The summed E-state index contributed by atoms with van der Waals surface area (Å²) in [6.45, 7) is 2.63. The van der Waals surface area contributed by atoms with Gasteiger partial charge in [0.25, 0.3) is 11.6 Å². The van der Waals surface area contributed by atoms with Gasteiger partial charge in [-0.25, -0.2) is 0 Å². The van der Waals surface area contributed by atoms with Crippen LogP contribution in [0.2, 0.25) is 0 Å². The number of amides is 1. The van der Waals surface area contributed by atoms with Gasteiger partial charge in [0.05, 0.1) is 10.5 Å². The van der Waals surface area contributed by atoms with Gasteiger partial charge in [0, 0.05) is 11.8 Å². The molecule has 8 nitrogen and oxygen atoms in total. The molecule has 1 atom stereocenters. The molecular weight excluding hydrogens is 407 g/mol. The number of alkyl halides is 3. The van der Waals surface area contributed by atoms with Crippen LogP contribution in [0.25, 0.3) is 0 Å². The van der Waals surface area contributed by atoms with Gasteiger partial charge >= 0.3 is 12.1 Å². The second-order valence-electron chi connectivity index (χ2n) is 6.33. The minimum atomic E-state index is -4.75. The Morgan fingerprint density at radius 1 is 1.17 bits per heavy atom. The standard InChI is InChI=1S/C19H18F3N3O5/c1-11-3-6-14(7-4-11)24-18(27)12(2)30-17(26)10-23-15-8-5-13(19(20,21)22)9-16(15)25(28)29/h3-9,12,23H,10H2,1-2H3,(H,24,27)/t12-/m1/s1. The maximum atomic E-state index is 12.7. The van der Waals surface area contributed by atoms with Crippen molar-refractivity contribution >= 4 is 28.9 Å². The Morgan fingerprint density at radius 2 is 1.80 bits per heavy atom. The van der Waals surface area contributed by atoms with Crippen molar-refractivity contribution < 1.29 is 32.4 Å². The Kier molecular flexibility index (Phi) is 6.98. The number of nitro groups is 1. The van der Waals surface area contributed by atoms with E-state index in [0.717, 1.165) is 11.6 Å². The number of nitrogens with one attached hydrogen (secondary N) is 2. The highest BCUT2D eigenvalue weighted by atomic mass is 19.4. The van der Waals surface area contributed by atoms with Gasteiger partial charge in [-0.15, -0.1) is 0 Å². The summed E-state index contributed by atoms with van der Waals surface area (Å²) in [5, 5.41) is 16.0. The van der Waals surface area contributed by atoms with E-state index in [0.29, 0.717) is 17.8 Å². The number of ether oxygens (including phenoxy) is 1. The van der Waals surface area contributed by atoms with E-state index in [-0.39, 0.29) is 5.69 Å². The van der Waals surface area contributed by atoms with Crippen LogP contribution in [0.5, 0.6) is 0 Å². The monoisotopic (exact) mass is 425 g/mol. The molecule has 2 aromatic carbocycles. The predicted octanol–water partition coefficient (Wildman–Crippen LogP) is 3.90. The van der Waals surface area contributed by atoms with Crippen LogP contribution in [-0.2, 0) is 20.5 Å². The summed E-state index contributed by atoms with van der Waals surface area (Å²) in [6.07, 6.45) is -5.91. The lowest BCUT2D eigenvalue weighted by Gasteiger charge is -2.14. The fraction of sp³-hybridized carbons (Fsp3) is 0.263. The molecule has 0 unspecified atom stereocenters. The molecule has 2 rings (SSSR count). The third-order valence-corrected chi connectivity index (χ3v) is 3.94. The fourth-order valence-corrected chi connectivity index (χ4v) is 2.35. The topological polar surface area (TPSA) is 111 Å². The van der Waals surface area contributed by atoms with Gasteiger partial charge in [-0.05, 0) is 38.1 Å². The van der Waals surface area contributed by atoms with Gasteiger partial charge in [-0.2, -0.15) is 13.2 Å². The highest BCUT2D eigenvalue weighted by Gasteiger charge is 2.33. The van der Waals surface area contributed by atoms with Crippen LogP contribution in [0.15, 0.2) is 42.5 Å². The second kappa shape index (κ2) is 9.25. The number of nitrogens with zero attached hydrogens (tertiary/aromatic N) is 1. The van der Waals surface area contributed by atoms with E-state index in [2.05, 4.69) is 10.6 Å². The van der Waals surface area contributed by atoms with Crippen molar-refractivity contribution in [3.63, 3.8) is 0 Å². The molecule has 0 radical (unpaired) electrons. The smallest absolute Gasteiger partial charge is 0.416 e. The van der Waals surface area contributed by atoms with Gasteiger partial charge in [0.1, 0.15) is 12.2 Å². The van der Waals surface area contributed by atoms with Crippen LogP contribution in [0, 0.1) is 17.0 Å². The summed E-state index contributed by atoms with van der Waals surface area (Å²) < 4.78 is 43.1. The first kappa shape index (κ1) is 22.7. The molecule has 0 heterocycles. The van der Waals surface area contributed by atoms with Crippen molar-refractivity contribution in [1.29, 1.82) is 0 Å². The van der Waals surface area contributed by atoms with Gasteiger partial charge < -0.3 is 15.4 Å². The van der Waals surface area contributed by atoms with Gasteiger partial charge in [-0.1, -0.05) is 17.7 Å². The van der Waals surface area contributed by atoms with Gasteiger partial charge in [0.15, 0.2) is 6.10 Å². The zero-order valence-electron chi connectivity index (χ0n) is 15.9. The van der Waals surface area contributed by atoms with E-state index in [1.807, 2.05) is 6.92 Å². The molecule has 2 aromatic rings. The quantitative estimate of drug-likeness (QED) is 0.395.